The molecule has 0 bridgehead atoms. The van der Waals surface area contributed by atoms with Crippen molar-refractivity contribution in [2.24, 2.45) is 0 Å². The molecule has 2 heterocycles. The molecule has 0 unspecified atom stereocenters. The van der Waals surface area contributed by atoms with Gasteiger partial charge in [-0.25, -0.2) is 4.39 Å². The third kappa shape index (κ3) is 5.57. The minimum Gasteiger partial charge on any atom is -0.334 e. The van der Waals surface area contributed by atoms with Gasteiger partial charge < -0.3 is 4.90 Å². The van der Waals surface area contributed by atoms with Crippen LogP contribution >= 0.6 is 11.6 Å². The van der Waals surface area contributed by atoms with E-state index in [0.29, 0.717) is 18.1 Å². The van der Waals surface area contributed by atoms with Crippen molar-refractivity contribution in [1.82, 2.24) is 30.0 Å². The van der Waals surface area contributed by atoms with E-state index in [1.165, 1.54) is 23.3 Å². The summed E-state index contributed by atoms with van der Waals surface area (Å²) in [5.74, 6) is -0.260. The lowest BCUT2D eigenvalue weighted by Crippen LogP contribution is -2.53. The number of benzene rings is 2. The lowest BCUT2D eigenvalue weighted by Gasteiger charge is -2.39. The number of aromatic nitrogens is 4. The molecule has 166 valence electrons. The van der Waals surface area contributed by atoms with Crippen LogP contribution in [0.15, 0.2) is 54.9 Å². The van der Waals surface area contributed by atoms with Crippen LogP contribution in [0.5, 0.6) is 0 Å². The second-order valence-corrected chi connectivity index (χ2v) is 8.32. The zero-order valence-corrected chi connectivity index (χ0v) is 18.5. The van der Waals surface area contributed by atoms with Gasteiger partial charge in [-0.2, -0.15) is 4.80 Å². The summed E-state index contributed by atoms with van der Waals surface area (Å²) in [6, 6.07) is 12.2. The molecule has 0 spiro atoms. The largest absolute Gasteiger partial charge is 0.334 e. The quantitative estimate of drug-likeness (QED) is 0.535. The summed E-state index contributed by atoms with van der Waals surface area (Å²) in [4.78, 5) is 18.5. The molecule has 2 aromatic carbocycles. The molecule has 1 fully saturated rings. The van der Waals surface area contributed by atoms with E-state index in [0.717, 1.165) is 36.3 Å². The highest BCUT2D eigenvalue weighted by Gasteiger charge is 2.26. The number of hydrogen-bond donors (Lipinski definition) is 0. The van der Waals surface area contributed by atoms with Crippen molar-refractivity contribution in [2.45, 2.75) is 26.1 Å². The number of hydrogen-bond acceptors (Lipinski definition) is 5. The third-order valence-electron chi connectivity index (χ3n) is 5.53. The SMILES string of the molecule is C[C@@H]1CN(Cc2ccc(F)cc2)CCN1C(=O)/C=C/c1ccc(Cl)cc1Cn1ncnn1. The summed E-state index contributed by atoms with van der Waals surface area (Å²) in [6.07, 6.45) is 4.79. The number of halogens is 2. The van der Waals surface area contributed by atoms with E-state index in [1.54, 1.807) is 24.3 Å². The van der Waals surface area contributed by atoms with E-state index in [-0.39, 0.29) is 17.8 Å². The maximum absolute atomic E-state index is 13.1. The minimum absolute atomic E-state index is 0.0290. The molecule has 0 aliphatic carbocycles. The van der Waals surface area contributed by atoms with Crippen LogP contribution in [0.3, 0.4) is 0 Å². The predicted octanol–water partition coefficient (Wildman–Crippen LogP) is 3.26. The number of carbonyl (C=O) groups is 1. The molecule has 1 amide bonds. The lowest BCUT2D eigenvalue weighted by molar-refractivity contribution is -0.130. The summed E-state index contributed by atoms with van der Waals surface area (Å²) in [6.45, 7) is 5.38. The van der Waals surface area contributed by atoms with E-state index in [2.05, 4.69) is 20.3 Å². The van der Waals surface area contributed by atoms with Crippen molar-refractivity contribution in [3.63, 3.8) is 0 Å². The molecule has 32 heavy (non-hydrogen) atoms. The van der Waals surface area contributed by atoms with Gasteiger partial charge in [0.05, 0.1) is 6.54 Å². The standard InChI is InChI=1S/C23H24ClFN6O/c1-17-13-29(14-18-2-7-22(25)8-3-18)10-11-30(17)23(32)9-5-19-4-6-21(24)12-20(19)15-31-27-16-26-28-31/h2-9,12,16-17H,10-11,13-15H2,1H3/b9-5+/t17-/m1/s1. The Bertz CT molecular complexity index is 1090. The molecule has 1 aliphatic rings. The van der Waals surface area contributed by atoms with E-state index < -0.39 is 0 Å². The zero-order valence-electron chi connectivity index (χ0n) is 17.7. The van der Waals surface area contributed by atoms with Gasteiger partial charge in [-0.3, -0.25) is 9.69 Å². The van der Waals surface area contributed by atoms with Gasteiger partial charge in [0.2, 0.25) is 5.91 Å². The summed E-state index contributed by atoms with van der Waals surface area (Å²) < 4.78 is 13.1. The Balaban J connectivity index is 1.38. The van der Waals surface area contributed by atoms with Crippen molar-refractivity contribution in [1.29, 1.82) is 0 Å². The van der Waals surface area contributed by atoms with E-state index in [4.69, 9.17) is 11.6 Å². The number of piperazine rings is 1. The van der Waals surface area contributed by atoms with Crippen molar-refractivity contribution in [3.8, 4) is 0 Å². The number of nitrogens with zero attached hydrogens (tertiary/aromatic N) is 6. The summed E-state index contributed by atoms with van der Waals surface area (Å²) in [7, 11) is 0. The first-order valence-electron chi connectivity index (χ1n) is 10.4. The fraction of sp³-hybridized carbons (Fsp3) is 0.304. The Morgan fingerprint density at radius 3 is 2.72 bits per heavy atom. The molecule has 0 N–H and O–H groups in total. The van der Waals surface area contributed by atoms with Gasteiger partial charge in [0, 0.05) is 43.3 Å². The van der Waals surface area contributed by atoms with Crippen LogP contribution in [0.1, 0.15) is 23.6 Å². The van der Waals surface area contributed by atoms with Crippen LogP contribution in [-0.4, -0.2) is 61.6 Å². The van der Waals surface area contributed by atoms with Crippen LogP contribution < -0.4 is 0 Å². The molecule has 3 aromatic rings. The Morgan fingerprint density at radius 1 is 1.19 bits per heavy atom. The van der Waals surface area contributed by atoms with Gasteiger partial charge >= 0.3 is 0 Å². The van der Waals surface area contributed by atoms with Gasteiger partial charge in [0.15, 0.2) is 6.33 Å². The molecule has 1 aromatic heterocycles. The Kier molecular flexibility index (Phi) is 6.92. The van der Waals surface area contributed by atoms with Crippen molar-refractivity contribution < 1.29 is 9.18 Å². The molecule has 0 radical (unpaired) electrons. The Morgan fingerprint density at radius 2 is 2.00 bits per heavy atom. The van der Waals surface area contributed by atoms with Crippen LogP contribution in [0, 0.1) is 5.82 Å². The highest BCUT2D eigenvalue weighted by Crippen LogP contribution is 2.19. The molecule has 1 saturated heterocycles. The molecule has 0 saturated carbocycles. The average Bonchev–Trinajstić information content (AvgIpc) is 3.28. The molecule has 4 rings (SSSR count). The highest BCUT2D eigenvalue weighted by molar-refractivity contribution is 6.30. The van der Waals surface area contributed by atoms with Crippen LogP contribution in [0.4, 0.5) is 4.39 Å². The van der Waals surface area contributed by atoms with Gasteiger partial charge in [-0.1, -0.05) is 29.8 Å². The first-order valence-corrected chi connectivity index (χ1v) is 10.8. The minimum atomic E-state index is -0.231. The fourth-order valence-corrected chi connectivity index (χ4v) is 4.09. The maximum Gasteiger partial charge on any atom is 0.246 e. The molecule has 9 heteroatoms. The van der Waals surface area contributed by atoms with Crippen molar-refractivity contribution >= 4 is 23.6 Å². The molecule has 7 nitrogen and oxygen atoms in total. The second-order valence-electron chi connectivity index (χ2n) is 7.88. The van der Waals surface area contributed by atoms with Gasteiger partial charge in [-0.15, -0.1) is 10.2 Å². The van der Waals surface area contributed by atoms with Gasteiger partial charge in [0.25, 0.3) is 0 Å². The number of rotatable bonds is 6. The first kappa shape index (κ1) is 22.1. The lowest BCUT2D eigenvalue weighted by atomic mass is 10.1. The maximum atomic E-state index is 13.1. The highest BCUT2D eigenvalue weighted by atomic mass is 35.5. The van der Waals surface area contributed by atoms with Gasteiger partial charge in [0.1, 0.15) is 5.82 Å². The smallest absolute Gasteiger partial charge is 0.246 e. The average molecular weight is 455 g/mol. The Labute approximate surface area is 191 Å². The number of amides is 1. The van der Waals surface area contributed by atoms with E-state index in [1.807, 2.05) is 30.0 Å². The molecule has 1 atom stereocenters. The number of carbonyl (C=O) groups excluding carboxylic acids is 1. The van der Waals surface area contributed by atoms with Gasteiger partial charge in [-0.05, 0) is 59.2 Å². The second kappa shape index (κ2) is 10.0. The van der Waals surface area contributed by atoms with Crippen LogP contribution in [-0.2, 0) is 17.9 Å². The summed E-state index contributed by atoms with van der Waals surface area (Å²) in [5, 5.41) is 12.2. The predicted molar refractivity (Wildman–Crippen MR) is 120 cm³/mol. The fourth-order valence-electron chi connectivity index (χ4n) is 3.90. The molecule has 1 aliphatic heterocycles. The first-order chi connectivity index (χ1) is 15.5. The molecular weight excluding hydrogens is 431 g/mol. The van der Waals surface area contributed by atoms with E-state index >= 15 is 0 Å². The van der Waals surface area contributed by atoms with Crippen molar-refractivity contribution in [2.75, 3.05) is 19.6 Å². The van der Waals surface area contributed by atoms with Crippen LogP contribution in [0.2, 0.25) is 5.02 Å². The topological polar surface area (TPSA) is 67.2 Å². The third-order valence-corrected chi connectivity index (χ3v) is 5.76. The normalized spacial score (nSPS) is 17.2. The van der Waals surface area contributed by atoms with Crippen molar-refractivity contribution in [3.05, 3.63) is 82.4 Å². The monoisotopic (exact) mass is 454 g/mol. The zero-order chi connectivity index (χ0) is 22.5. The van der Waals surface area contributed by atoms with Crippen LogP contribution in [0.25, 0.3) is 6.08 Å². The van der Waals surface area contributed by atoms with E-state index in [9.17, 15) is 9.18 Å². The molecular formula is C23H24ClFN6O. The summed E-state index contributed by atoms with van der Waals surface area (Å²) >= 11 is 6.15. The number of tetrazole rings is 1. The summed E-state index contributed by atoms with van der Waals surface area (Å²) in [5.41, 5.74) is 2.84. The Hall–Kier alpha value is -3.10.